The average Bonchev–Trinajstić information content (AvgIpc) is 3.40. The van der Waals surface area contributed by atoms with Gasteiger partial charge in [-0.1, -0.05) is 41.1 Å². The molecule has 0 fully saturated rings. The second-order valence-corrected chi connectivity index (χ2v) is 9.78. The number of nitrogens with zero attached hydrogens (tertiary/aromatic N) is 3. The molecule has 1 atom stereocenters. The second-order valence-electron chi connectivity index (χ2n) is 7.79. The number of aliphatic hydroxyl groups excluding tert-OH is 1. The van der Waals surface area contributed by atoms with E-state index in [0.717, 1.165) is 11.1 Å². The molecule has 0 saturated heterocycles. The molecule has 1 aromatic heterocycles. The van der Waals surface area contributed by atoms with Crippen LogP contribution in [0.4, 0.5) is 0 Å². The van der Waals surface area contributed by atoms with Crippen LogP contribution in [0.2, 0.25) is 5.02 Å². The van der Waals surface area contributed by atoms with Crippen LogP contribution in [-0.4, -0.2) is 47.2 Å². The van der Waals surface area contributed by atoms with Crippen LogP contribution >= 0.6 is 11.6 Å². The summed E-state index contributed by atoms with van der Waals surface area (Å²) in [6.07, 6.45) is -0.00569. The summed E-state index contributed by atoms with van der Waals surface area (Å²) >= 11 is 5.96. The molecule has 0 radical (unpaired) electrons. The SMILES string of the molecule is O=S(=O)(Oc1ccc(OCc2nn[nH]n2)cc1)c1ccc(CCNCC(O)c2cccc(Cl)c2)cc1. The van der Waals surface area contributed by atoms with Crippen molar-refractivity contribution in [2.75, 3.05) is 13.1 Å². The van der Waals surface area contributed by atoms with Gasteiger partial charge in [0.05, 0.1) is 6.10 Å². The largest absolute Gasteiger partial charge is 0.485 e. The highest BCUT2D eigenvalue weighted by Crippen LogP contribution is 2.23. The smallest absolute Gasteiger partial charge is 0.339 e. The van der Waals surface area contributed by atoms with E-state index in [1.54, 1.807) is 42.5 Å². The van der Waals surface area contributed by atoms with Gasteiger partial charge in [-0.05, 0) is 72.6 Å². The first-order valence-electron chi connectivity index (χ1n) is 11.0. The monoisotopic (exact) mass is 529 g/mol. The molecule has 0 aliphatic rings. The number of ether oxygens (including phenoxy) is 1. The normalized spacial score (nSPS) is 12.3. The number of rotatable bonds is 12. The fraction of sp³-hybridized carbons (Fsp3) is 0.208. The van der Waals surface area contributed by atoms with Crippen molar-refractivity contribution in [2.45, 2.75) is 24.0 Å². The predicted molar refractivity (Wildman–Crippen MR) is 132 cm³/mol. The number of aromatic amines is 1. The predicted octanol–water partition coefficient (Wildman–Crippen LogP) is 3.07. The molecule has 0 aliphatic carbocycles. The third kappa shape index (κ3) is 7.25. The van der Waals surface area contributed by atoms with Crippen LogP contribution in [0.15, 0.2) is 77.7 Å². The maximum atomic E-state index is 12.6. The number of H-pyrrole nitrogens is 1. The Balaban J connectivity index is 1.24. The van der Waals surface area contributed by atoms with Gasteiger partial charge in [-0.25, -0.2) is 0 Å². The van der Waals surface area contributed by atoms with Crippen LogP contribution in [0.1, 0.15) is 23.1 Å². The quantitative estimate of drug-likeness (QED) is 0.186. The van der Waals surface area contributed by atoms with Crippen LogP contribution < -0.4 is 14.2 Å². The van der Waals surface area contributed by atoms with Crippen LogP contribution in [0.5, 0.6) is 11.5 Å². The molecule has 0 bridgehead atoms. The molecule has 0 aliphatic heterocycles. The van der Waals surface area contributed by atoms with Gasteiger partial charge in [0, 0.05) is 11.6 Å². The van der Waals surface area contributed by atoms with Crippen molar-refractivity contribution in [1.29, 1.82) is 0 Å². The zero-order chi connectivity index (χ0) is 25.4. The average molecular weight is 530 g/mol. The van der Waals surface area contributed by atoms with E-state index in [9.17, 15) is 13.5 Å². The molecule has 0 saturated carbocycles. The number of benzene rings is 3. The fourth-order valence-corrected chi connectivity index (χ4v) is 4.41. The van der Waals surface area contributed by atoms with E-state index in [1.807, 2.05) is 6.07 Å². The summed E-state index contributed by atoms with van der Waals surface area (Å²) in [6.45, 7) is 1.11. The van der Waals surface area contributed by atoms with Crippen LogP contribution in [-0.2, 0) is 23.1 Å². The minimum atomic E-state index is -3.99. The molecule has 188 valence electrons. The van der Waals surface area contributed by atoms with Gasteiger partial charge in [-0.15, -0.1) is 10.2 Å². The van der Waals surface area contributed by atoms with E-state index in [4.69, 9.17) is 20.5 Å². The van der Waals surface area contributed by atoms with Crippen LogP contribution in [0.25, 0.3) is 0 Å². The van der Waals surface area contributed by atoms with E-state index in [2.05, 4.69) is 25.9 Å². The molecular weight excluding hydrogens is 506 g/mol. The number of halogens is 1. The zero-order valence-electron chi connectivity index (χ0n) is 19.0. The lowest BCUT2D eigenvalue weighted by molar-refractivity contribution is 0.175. The summed E-state index contributed by atoms with van der Waals surface area (Å²) in [5, 5.41) is 27.4. The first kappa shape index (κ1) is 25.6. The summed E-state index contributed by atoms with van der Waals surface area (Å²) in [5.41, 5.74) is 1.69. The molecular formula is C24H24ClN5O5S. The van der Waals surface area contributed by atoms with Crippen molar-refractivity contribution in [3.63, 3.8) is 0 Å². The minimum absolute atomic E-state index is 0.0491. The number of hydrogen-bond acceptors (Lipinski definition) is 9. The van der Waals surface area contributed by atoms with Gasteiger partial charge in [0.15, 0.2) is 6.61 Å². The van der Waals surface area contributed by atoms with Crippen LogP contribution in [0, 0.1) is 0 Å². The first-order chi connectivity index (χ1) is 17.4. The number of tetrazole rings is 1. The third-order valence-corrected chi connectivity index (χ3v) is 6.66. The summed E-state index contributed by atoms with van der Waals surface area (Å²) in [7, 11) is -3.99. The van der Waals surface area contributed by atoms with Crippen molar-refractivity contribution in [1.82, 2.24) is 25.9 Å². The van der Waals surface area contributed by atoms with Gasteiger partial charge in [0.25, 0.3) is 0 Å². The topological polar surface area (TPSA) is 139 Å². The van der Waals surface area contributed by atoms with Crippen LogP contribution in [0.3, 0.4) is 0 Å². The molecule has 10 nitrogen and oxygen atoms in total. The first-order valence-corrected chi connectivity index (χ1v) is 12.8. The molecule has 4 rings (SSSR count). The summed E-state index contributed by atoms with van der Waals surface area (Å²) in [4.78, 5) is 0.0491. The molecule has 0 spiro atoms. The van der Waals surface area contributed by atoms with E-state index < -0.39 is 16.2 Å². The fourth-order valence-electron chi connectivity index (χ4n) is 3.28. The minimum Gasteiger partial charge on any atom is -0.485 e. The highest BCUT2D eigenvalue weighted by atomic mass is 35.5. The maximum absolute atomic E-state index is 12.6. The lowest BCUT2D eigenvalue weighted by Crippen LogP contribution is -2.23. The Bertz CT molecular complexity index is 1350. The highest BCUT2D eigenvalue weighted by Gasteiger charge is 2.17. The Hall–Kier alpha value is -3.51. The summed E-state index contributed by atoms with van der Waals surface area (Å²) in [5.74, 6) is 1.06. The second kappa shape index (κ2) is 12.0. The van der Waals surface area contributed by atoms with E-state index in [0.29, 0.717) is 36.1 Å². The van der Waals surface area contributed by atoms with Gasteiger partial charge in [0.2, 0.25) is 5.82 Å². The van der Waals surface area contributed by atoms with Gasteiger partial charge in [-0.2, -0.15) is 13.6 Å². The maximum Gasteiger partial charge on any atom is 0.339 e. The molecule has 0 amide bonds. The Morgan fingerprint density at radius 3 is 2.47 bits per heavy atom. The molecule has 1 heterocycles. The summed E-state index contributed by atoms with van der Waals surface area (Å²) < 4.78 is 36.0. The number of aliphatic hydroxyl groups is 1. The molecule has 12 heteroatoms. The molecule has 4 aromatic rings. The van der Waals surface area contributed by atoms with Gasteiger partial charge < -0.3 is 19.3 Å². The Kier molecular flexibility index (Phi) is 8.49. The van der Waals surface area contributed by atoms with Crippen molar-refractivity contribution in [2.24, 2.45) is 0 Å². The van der Waals surface area contributed by atoms with E-state index in [-0.39, 0.29) is 17.3 Å². The van der Waals surface area contributed by atoms with Crippen molar-refractivity contribution < 1.29 is 22.4 Å². The highest BCUT2D eigenvalue weighted by molar-refractivity contribution is 7.87. The Labute approximate surface area is 213 Å². The molecule has 3 N–H and O–H groups in total. The number of nitrogens with one attached hydrogen (secondary N) is 2. The van der Waals surface area contributed by atoms with Crippen molar-refractivity contribution >= 4 is 21.7 Å². The van der Waals surface area contributed by atoms with Gasteiger partial charge in [0.1, 0.15) is 16.4 Å². The molecule has 1 unspecified atom stereocenters. The Morgan fingerprint density at radius 2 is 1.78 bits per heavy atom. The number of hydrogen-bond donors (Lipinski definition) is 3. The van der Waals surface area contributed by atoms with Crippen molar-refractivity contribution in [3.05, 3.63) is 94.8 Å². The van der Waals surface area contributed by atoms with E-state index in [1.165, 1.54) is 24.3 Å². The van der Waals surface area contributed by atoms with E-state index >= 15 is 0 Å². The summed E-state index contributed by atoms with van der Waals surface area (Å²) in [6, 6.07) is 19.8. The lowest BCUT2D eigenvalue weighted by Gasteiger charge is -2.13. The third-order valence-electron chi connectivity index (χ3n) is 5.16. The molecule has 3 aromatic carbocycles. The number of aromatic nitrogens is 4. The molecule has 36 heavy (non-hydrogen) atoms. The Morgan fingerprint density at radius 1 is 1.03 bits per heavy atom. The lowest BCUT2D eigenvalue weighted by atomic mass is 10.1. The van der Waals surface area contributed by atoms with Gasteiger partial charge in [-0.3, -0.25) is 0 Å². The van der Waals surface area contributed by atoms with Gasteiger partial charge >= 0.3 is 10.1 Å². The van der Waals surface area contributed by atoms with Crippen molar-refractivity contribution in [3.8, 4) is 11.5 Å². The zero-order valence-corrected chi connectivity index (χ0v) is 20.6. The standard InChI is InChI=1S/C24H24ClN5O5S/c25-19-3-1-2-18(14-19)23(31)15-26-13-12-17-4-10-22(11-5-17)36(32,33)35-21-8-6-20(7-9-21)34-16-24-27-29-30-28-24/h1-11,14,23,26,31H,12-13,15-16H2,(H,27,28,29,30).